The molecule has 2 aliphatic rings. The molecule has 2 aliphatic heterocycles. The van der Waals surface area contributed by atoms with Gasteiger partial charge in [0.1, 0.15) is 12.4 Å². The first-order valence-electron chi connectivity index (χ1n) is 9.05. The van der Waals surface area contributed by atoms with Crippen molar-refractivity contribution >= 4 is 11.7 Å². The summed E-state index contributed by atoms with van der Waals surface area (Å²) in [6, 6.07) is 16.0. The van der Waals surface area contributed by atoms with E-state index in [4.69, 9.17) is 10.00 Å². The van der Waals surface area contributed by atoms with Gasteiger partial charge in [-0.3, -0.25) is 4.90 Å². The summed E-state index contributed by atoms with van der Waals surface area (Å²) in [5, 5.41) is 8.90. The Hall–Kier alpha value is -3.13. The molecule has 4 nitrogen and oxygen atoms in total. The monoisotopic (exact) mass is 362 g/mol. The Balaban J connectivity index is 1.49. The average molecular weight is 362 g/mol. The molecule has 1 saturated heterocycles. The third-order valence-electron chi connectivity index (χ3n) is 5.26. The van der Waals surface area contributed by atoms with Crippen LogP contribution in [0.1, 0.15) is 36.0 Å². The molecule has 0 N–H and O–H groups in total. The maximum atomic E-state index is 14.4. The van der Waals surface area contributed by atoms with E-state index in [1.807, 2.05) is 42.5 Å². The number of rotatable bonds is 3. The molecule has 136 valence electrons. The van der Waals surface area contributed by atoms with Crippen LogP contribution in [-0.4, -0.2) is 23.1 Å². The smallest absolute Gasteiger partial charge is 0.410 e. The Morgan fingerprint density at radius 3 is 2.74 bits per heavy atom. The molecule has 2 aromatic carbocycles. The maximum absolute atomic E-state index is 14.4. The molecular formula is C22H19FN2O2. The predicted molar refractivity (Wildman–Crippen MR) is 99.0 cm³/mol. The molecule has 2 aromatic rings. The van der Waals surface area contributed by atoms with E-state index in [9.17, 15) is 9.18 Å². The van der Waals surface area contributed by atoms with Crippen LogP contribution in [0.2, 0.25) is 0 Å². The Morgan fingerprint density at radius 2 is 2.04 bits per heavy atom. The third kappa shape index (κ3) is 3.43. The van der Waals surface area contributed by atoms with E-state index < -0.39 is 0 Å². The molecule has 1 amide bonds. The fourth-order valence-electron chi connectivity index (χ4n) is 3.95. The van der Waals surface area contributed by atoms with Crippen LogP contribution in [0.5, 0.6) is 0 Å². The zero-order valence-corrected chi connectivity index (χ0v) is 14.8. The molecular weight excluding hydrogens is 343 g/mol. The number of ether oxygens (including phenoxy) is 1. The van der Waals surface area contributed by atoms with Crippen molar-refractivity contribution in [2.45, 2.75) is 38.0 Å². The van der Waals surface area contributed by atoms with Gasteiger partial charge in [0.25, 0.3) is 0 Å². The Morgan fingerprint density at radius 1 is 1.22 bits per heavy atom. The van der Waals surface area contributed by atoms with Crippen LogP contribution in [0.4, 0.5) is 9.18 Å². The summed E-state index contributed by atoms with van der Waals surface area (Å²) in [5.74, 6) is -0.389. The number of carbonyl (C=O) groups is 1. The summed E-state index contributed by atoms with van der Waals surface area (Å²) < 4.78 is 19.9. The summed E-state index contributed by atoms with van der Waals surface area (Å²) in [6.45, 7) is 0.246. The van der Waals surface area contributed by atoms with Crippen molar-refractivity contribution in [1.82, 2.24) is 4.90 Å². The first-order valence-corrected chi connectivity index (χ1v) is 9.05. The number of carbonyl (C=O) groups excluding carboxylic acids is 1. The van der Waals surface area contributed by atoms with Crippen LogP contribution in [0, 0.1) is 17.1 Å². The first kappa shape index (κ1) is 17.3. The van der Waals surface area contributed by atoms with E-state index in [2.05, 4.69) is 0 Å². The van der Waals surface area contributed by atoms with Crippen molar-refractivity contribution in [3.05, 3.63) is 77.1 Å². The van der Waals surface area contributed by atoms with Crippen LogP contribution in [-0.2, 0) is 11.3 Å². The number of hydrogen-bond donors (Lipinski definition) is 0. The van der Waals surface area contributed by atoms with Gasteiger partial charge in [-0.15, -0.1) is 0 Å². The van der Waals surface area contributed by atoms with Crippen molar-refractivity contribution in [2.75, 3.05) is 0 Å². The molecule has 2 heterocycles. The number of benzene rings is 2. The lowest BCUT2D eigenvalue weighted by molar-refractivity contribution is 0.0832. The molecule has 0 saturated carbocycles. The van der Waals surface area contributed by atoms with Crippen LogP contribution in [0.15, 0.2) is 54.6 Å². The molecule has 2 bridgehead atoms. The Labute approximate surface area is 157 Å². The normalized spacial score (nSPS) is 20.7. The number of nitrogens with zero attached hydrogens (tertiary/aromatic N) is 2. The molecule has 27 heavy (non-hydrogen) atoms. The van der Waals surface area contributed by atoms with E-state index in [0.717, 1.165) is 24.0 Å². The Bertz CT molecular complexity index is 933. The third-order valence-corrected chi connectivity index (χ3v) is 5.26. The second-order valence-electron chi connectivity index (χ2n) is 6.95. The SMILES string of the molecule is N#Cc1ccc(C2=CC3CCC(C2)N3C(=O)OCc2ccccc2)c(F)c1. The predicted octanol–water partition coefficient (Wildman–Crippen LogP) is 4.65. The zero-order chi connectivity index (χ0) is 18.8. The van der Waals surface area contributed by atoms with E-state index in [1.165, 1.54) is 6.07 Å². The lowest BCUT2D eigenvalue weighted by Gasteiger charge is -2.33. The molecule has 0 aliphatic carbocycles. The van der Waals surface area contributed by atoms with Gasteiger partial charge in [0.05, 0.1) is 17.7 Å². The number of halogens is 1. The number of amides is 1. The van der Waals surface area contributed by atoms with E-state index in [1.54, 1.807) is 17.0 Å². The van der Waals surface area contributed by atoms with Gasteiger partial charge in [-0.2, -0.15) is 5.26 Å². The molecule has 4 rings (SSSR count). The van der Waals surface area contributed by atoms with Crippen molar-refractivity contribution in [1.29, 1.82) is 5.26 Å². The van der Waals surface area contributed by atoms with Crippen LogP contribution in [0.25, 0.3) is 5.57 Å². The van der Waals surface area contributed by atoms with Gasteiger partial charge in [-0.05, 0) is 42.5 Å². The molecule has 1 fully saturated rings. The molecule has 0 spiro atoms. The first-order chi connectivity index (χ1) is 13.2. The second-order valence-corrected chi connectivity index (χ2v) is 6.95. The fourth-order valence-corrected chi connectivity index (χ4v) is 3.95. The van der Waals surface area contributed by atoms with E-state index in [0.29, 0.717) is 17.5 Å². The quantitative estimate of drug-likeness (QED) is 0.798. The highest BCUT2D eigenvalue weighted by molar-refractivity contribution is 5.75. The molecule has 2 unspecified atom stereocenters. The summed E-state index contributed by atoms with van der Waals surface area (Å²) in [5.41, 5.74) is 2.67. The van der Waals surface area contributed by atoms with E-state index >= 15 is 0 Å². The molecule has 0 aromatic heterocycles. The van der Waals surface area contributed by atoms with Gasteiger partial charge in [0.15, 0.2) is 0 Å². The van der Waals surface area contributed by atoms with Crippen molar-refractivity contribution in [2.24, 2.45) is 0 Å². The van der Waals surface area contributed by atoms with Gasteiger partial charge < -0.3 is 4.74 Å². The highest BCUT2D eigenvalue weighted by Gasteiger charge is 2.41. The highest BCUT2D eigenvalue weighted by Crippen LogP contribution is 2.39. The molecule has 0 radical (unpaired) electrons. The lowest BCUT2D eigenvalue weighted by atomic mass is 9.94. The zero-order valence-electron chi connectivity index (χ0n) is 14.8. The average Bonchev–Trinajstić information content (AvgIpc) is 2.96. The summed E-state index contributed by atoms with van der Waals surface area (Å²) in [4.78, 5) is 14.4. The molecule has 5 heteroatoms. The highest BCUT2D eigenvalue weighted by atomic mass is 19.1. The van der Waals surface area contributed by atoms with E-state index in [-0.39, 0.29) is 30.6 Å². The van der Waals surface area contributed by atoms with Gasteiger partial charge in [-0.1, -0.05) is 42.5 Å². The number of nitriles is 1. The van der Waals surface area contributed by atoms with Crippen molar-refractivity contribution < 1.29 is 13.9 Å². The number of hydrogen-bond acceptors (Lipinski definition) is 3. The lowest BCUT2D eigenvalue weighted by Crippen LogP contribution is -2.43. The largest absolute Gasteiger partial charge is 0.445 e. The van der Waals surface area contributed by atoms with Crippen molar-refractivity contribution in [3.63, 3.8) is 0 Å². The minimum Gasteiger partial charge on any atom is -0.445 e. The number of fused-ring (bicyclic) bond motifs is 2. The standard InChI is InChI=1S/C22H19FN2O2/c23-21-10-16(13-24)6-9-20(21)17-11-18-7-8-19(12-17)25(18)22(26)27-14-15-4-2-1-3-5-15/h1-6,9-11,18-19H,7-8,12,14H2. The van der Waals surface area contributed by atoms with Crippen LogP contribution < -0.4 is 0 Å². The Kier molecular flexibility index (Phi) is 4.64. The van der Waals surface area contributed by atoms with Gasteiger partial charge in [0.2, 0.25) is 0 Å². The fraction of sp³-hybridized carbons (Fsp3) is 0.273. The van der Waals surface area contributed by atoms with Gasteiger partial charge in [-0.25, -0.2) is 9.18 Å². The van der Waals surface area contributed by atoms with Gasteiger partial charge in [0, 0.05) is 11.6 Å². The summed E-state index contributed by atoms with van der Waals surface area (Å²) in [6.07, 6.45) is 3.98. The minimum absolute atomic E-state index is 0.0216. The van der Waals surface area contributed by atoms with Crippen molar-refractivity contribution in [3.8, 4) is 6.07 Å². The summed E-state index contributed by atoms with van der Waals surface area (Å²) >= 11 is 0. The minimum atomic E-state index is -0.389. The maximum Gasteiger partial charge on any atom is 0.410 e. The van der Waals surface area contributed by atoms with Gasteiger partial charge >= 0.3 is 6.09 Å². The van der Waals surface area contributed by atoms with Crippen LogP contribution >= 0.6 is 0 Å². The molecule has 2 atom stereocenters. The summed E-state index contributed by atoms with van der Waals surface area (Å²) in [7, 11) is 0. The van der Waals surface area contributed by atoms with Crippen LogP contribution in [0.3, 0.4) is 0 Å². The second kappa shape index (κ2) is 7.24. The topological polar surface area (TPSA) is 53.3 Å².